The lowest BCUT2D eigenvalue weighted by Gasteiger charge is -2.31. The fraction of sp³-hybridized carbons (Fsp3) is 0.500. The molecule has 0 spiro atoms. The second-order valence-electron chi connectivity index (χ2n) is 5.09. The standard InChI is InChI=1S/C14H19BrN2O/c1-10-4-3-7-17(9-10)14(18)16-12-5-6-13(15)11(2)8-12/h5-6,8,10H,3-4,7,9H2,1-2H3,(H,16,18). The molecule has 18 heavy (non-hydrogen) atoms. The summed E-state index contributed by atoms with van der Waals surface area (Å²) in [6, 6.07) is 5.88. The number of amides is 2. The van der Waals surface area contributed by atoms with E-state index in [-0.39, 0.29) is 6.03 Å². The molecule has 1 N–H and O–H groups in total. The van der Waals surface area contributed by atoms with E-state index in [0.29, 0.717) is 5.92 Å². The summed E-state index contributed by atoms with van der Waals surface area (Å²) < 4.78 is 1.06. The van der Waals surface area contributed by atoms with Crippen molar-refractivity contribution < 1.29 is 4.79 Å². The molecule has 0 saturated carbocycles. The maximum atomic E-state index is 12.1. The Morgan fingerprint density at radius 2 is 2.28 bits per heavy atom. The van der Waals surface area contributed by atoms with Gasteiger partial charge in [-0.25, -0.2) is 4.79 Å². The van der Waals surface area contributed by atoms with Gasteiger partial charge in [0.25, 0.3) is 0 Å². The minimum Gasteiger partial charge on any atom is -0.324 e. The van der Waals surface area contributed by atoms with Gasteiger partial charge in [0.2, 0.25) is 0 Å². The van der Waals surface area contributed by atoms with Gasteiger partial charge in [-0.05, 0) is 49.4 Å². The van der Waals surface area contributed by atoms with Crippen molar-refractivity contribution in [3.8, 4) is 0 Å². The van der Waals surface area contributed by atoms with E-state index in [9.17, 15) is 4.79 Å². The van der Waals surface area contributed by atoms with Gasteiger partial charge < -0.3 is 10.2 Å². The molecule has 98 valence electrons. The van der Waals surface area contributed by atoms with Gasteiger partial charge in [-0.3, -0.25) is 0 Å². The highest BCUT2D eigenvalue weighted by atomic mass is 79.9. The van der Waals surface area contributed by atoms with E-state index in [0.717, 1.165) is 35.2 Å². The van der Waals surface area contributed by atoms with Gasteiger partial charge in [-0.2, -0.15) is 0 Å². The summed E-state index contributed by atoms with van der Waals surface area (Å²) in [7, 11) is 0. The fourth-order valence-electron chi connectivity index (χ4n) is 2.30. The van der Waals surface area contributed by atoms with E-state index in [1.54, 1.807) is 0 Å². The maximum Gasteiger partial charge on any atom is 0.321 e. The number of hydrogen-bond acceptors (Lipinski definition) is 1. The van der Waals surface area contributed by atoms with Gasteiger partial charge in [-0.1, -0.05) is 22.9 Å². The van der Waals surface area contributed by atoms with Crippen LogP contribution >= 0.6 is 15.9 Å². The monoisotopic (exact) mass is 310 g/mol. The number of nitrogens with zero attached hydrogens (tertiary/aromatic N) is 1. The highest BCUT2D eigenvalue weighted by Crippen LogP contribution is 2.21. The van der Waals surface area contributed by atoms with E-state index >= 15 is 0 Å². The van der Waals surface area contributed by atoms with Crippen LogP contribution in [0.2, 0.25) is 0 Å². The Bertz CT molecular complexity index is 447. The molecule has 1 unspecified atom stereocenters. The summed E-state index contributed by atoms with van der Waals surface area (Å²) >= 11 is 3.46. The van der Waals surface area contributed by atoms with Crippen LogP contribution in [-0.4, -0.2) is 24.0 Å². The van der Waals surface area contributed by atoms with Gasteiger partial charge >= 0.3 is 6.03 Å². The zero-order valence-corrected chi connectivity index (χ0v) is 12.5. The molecular weight excluding hydrogens is 292 g/mol. The van der Waals surface area contributed by atoms with E-state index in [2.05, 4.69) is 28.2 Å². The lowest BCUT2D eigenvalue weighted by Crippen LogP contribution is -2.41. The number of piperidine rings is 1. The topological polar surface area (TPSA) is 32.3 Å². The van der Waals surface area contributed by atoms with Gasteiger partial charge in [-0.15, -0.1) is 0 Å². The molecule has 0 radical (unpaired) electrons. The third-order valence-electron chi connectivity index (χ3n) is 3.35. The van der Waals surface area contributed by atoms with E-state index in [1.807, 2.05) is 30.0 Å². The molecule has 0 aromatic heterocycles. The van der Waals surface area contributed by atoms with Crippen molar-refractivity contribution >= 4 is 27.6 Å². The molecule has 1 fully saturated rings. The van der Waals surface area contributed by atoms with Crippen LogP contribution < -0.4 is 5.32 Å². The second kappa shape index (κ2) is 5.74. The van der Waals surface area contributed by atoms with Crippen LogP contribution in [0.3, 0.4) is 0 Å². The number of benzene rings is 1. The summed E-state index contributed by atoms with van der Waals surface area (Å²) in [6.07, 6.45) is 2.33. The fourth-order valence-corrected chi connectivity index (χ4v) is 2.55. The van der Waals surface area contributed by atoms with Crippen LogP contribution in [0.4, 0.5) is 10.5 Å². The maximum absolute atomic E-state index is 12.1. The van der Waals surface area contributed by atoms with E-state index < -0.39 is 0 Å². The zero-order valence-electron chi connectivity index (χ0n) is 10.9. The molecule has 1 aromatic rings. The Hall–Kier alpha value is -1.03. The van der Waals surface area contributed by atoms with Gasteiger partial charge in [0.15, 0.2) is 0 Å². The Balaban J connectivity index is 2.00. The number of urea groups is 1. The molecule has 1 aromatic carbocycles. The normalized spacial score (nSPS) is 19.7. The molecule has 1 atom stereocenters. The molecule has 2 amide bonds. The van der Waals surface area contributed by atoms with Crippen LogP contribution in [0.15, 0.2) is 22.7 Å². The smallest absolute Gasteiger partial charge is 0.321 e. The summed E-state index contributed by atoms with van der Waals surface area (Å²) in [5, 5.41) is 2.97. The number of anilines is 1. The third-order valence-corrected chi connectivity index (χ3v) is 4.24. The molecule has 0 bridgehead atoms. The van der Waals surface area contributed by atoms with Crippen LogP contribution in [0, 0.1) is 12.8 Å². The minimum absolute atomic E-state index is 0.0169. The summed E-state index contributed by atoms with van der Waals surface area (Å²) in [5.74, 6) is 0.608. The summed E-state index contributed by atoms with van der Waals surface area (Å²) in [4.78, 5) is 14.0. The summed E-state index contributed by atoms with van der Waals surface area (Å²) in [5.41, 5.74) is 1.98. The Labute approximate surface area is 117 Å². The van der Waals surface area contributed by atoms with Crippen LogP contribution in [0.1, 0.15) is 25.3 Å². The number of carbonyl (C=O) groups excluding carboxylic acids is 1. The Kier molecular flexibility index (Phi) is 4.27. The van der Waals surface area contributed by atoms with Crippen molar-refractivity contribution in [1.29, 1.82) is 0 Å². The average Bonchev–Trinajstić information content (AvgIpc) is 2.34. The molecule has 1 heterocycles. The van der Waals surface area contributed by atoms with Crippen LogP contribution in [0.25, 0.3) is 0 Å². The summed E-state index contributed by atoms with van der Waals surface area (Å²) in [6.45, 7) is 5.94. The number of halogens is 1. The predicted octanol–water partition coefficient (Wildman–Crippen LogP) is 4.02. The molecular formula is C14H19BrN2O. The molecule has 4 heteroatoms. The Morgan fingerprint density at radius 1 is 1.50 bits per heavy atom. The van der Waals surface area contributed by atoms with E-state index in [1.165, 1.54) is 6.42 Å². The molecule has 1 saturated heterocycles. The first-order valence-electron chi connectivity index (χ1n) is 6.38. The average molecular weight is 311 g/mol. The van der Waals surface area contributed by atoms with Crippen molar-refractivity contribution in [1.82, 2.24) is 4.90 Å². The SMILES string of the molecule is Cc1cc(NC(=O)N2CCCC(C)C2)ccc1Br. The predicted molar refractivity (Wildman–Crippen MR) is 77.9 cm³/mol. The molecule has 3 nitrogen and oxygen atoms in total. The van der Waals surface area contributed by atoms with Crippen molar-refractivity contribution in [3.63, 3.8) is 0 Å². The molecule has 1 aliphatic rings. The zero-order chi connectivity index (χ0) is 13.1. The molecule has 0 aliphatic carbocycles. The van der Waals surface area contributed by atoms with Crippen molar-refractivity contribution in [3.05, 3.63) is 28.2 Å². The Morgan fingerprint density at radius 3 is 2.94 bits per heavy atom. The minimum atomic E-state index is 0.0169. The van der Waals surface area contributed by atoms with Crippen molar-refractivity contribution in [2.45, 2.75) is 26.7 Å². The third kappa shape index (κ3) is 3.25. The number of carbonyl (C=O) groups is 1. The first-order chi connectivity index (χ1) is 8.56. The van der Waals surface area contributed by atoms with Crippen molar-refractivity contribution in [2.24, 2.45) is 5.92 Å². The van der Waals surface area contributed by atoms with E-state index in [4.69, 9.17) is 0 Å². The largest absolute Gasteiger partial charge is 0.324 e. The second-order valence-corrected chi connectivity index (χ2v) is 5.94. The molecule has 2 rings (SSSR count). The number of nitrogens with one attached hydrogen (secondary N) is 1. The van der Waals surface area contributed by atoms with Crippen LogP contribution in [-0.2, 0) is 0 Å². The first kappa shape index (κ1) is 13.4. The lowest BCUT2D eigenvalue weighted by atomic mass is 10.0. The van der Waals surface area contributed by atoms with Gasteiger partial charge in [0.05, 0.1) is 0 Å². The van der Waals surface area contributed by atoms with Crippen molar-refractivity contribution in [2.75, 3.05) is 18.4 Å². The molecule has 1 aliphatic heterocycles. The highest BCUT2D eigenvalue weighted by Gasteiger charge is 2.20. The lowest BCUT2D eigenvalue weighted by molar-refractivity contribution is 0.182. The van der Waals surface area contributed by atoms with Gasteiger partial charge in [0.1, 0.15) is 0 Å². The quantitative estimate of drug-likeness (QED) is 0.834. The number of aryl methyl sites for hydroxylation is 1. The highest BCUT2D eigenvalue weighted by molar-refractivity contribution is 9.10. The van der Waals surface area contributed by atoms with Crippen LogP contribution in [0.5, 0.6) is 0 Å². The number of hydrogen-bond donors (Lipinski definition) is 1. The van der Waals surface area contributed by atoms with Gasteiger partial charge in [0, 0.05) is 23.2 Å². The number of likely N-dealkylation sites (tertiary alicyclic amines) is 1. The first-order valence-corrected chi connectivity index (χ1v) is 7.17. The number of rotatable bonds is 1.